The van der Waals surface area contributed by atoms with Crippen LogP contribution in [0.2, 0.25) is 0 Å². The molecule has 0 saturated heterocycles. The molecule has 0 bridgehead atoms. The number of halogens is 6. The van der Waals surface area contributed by atoms with Gasteiger partial charge in [-0.25, -0.2) is 0 Å². The van der Waals surface area contributed by atoms with Gasteiger partial charge < -0.3 is 0 Å². The summed E-state index contributed by atoms with van der Waals surface area (Å²) in [6, 6.07) is 40.6. The number of pyridine rings is 4. The molecule has 0 amide bonds. The molecule has 0 atom stereocenters. The summed E-state index contributed by atoms with van der Waals surface area (Å²) in [5, 5.41) is 0. The van der Waals surface area contributed by atoms with Crippen molar-refractivity contribution in [1.82, 2.24) is 19.9 Å². The Labute approximate surface area is 315 Å². The van der Waals surface area contributed by atoms with Gasteiger partial charge in [-0.2, -0.15) is 0 Å². The van der Waals surface area contributed by atoms with E-state index in [1.54, 1.807) is 0 Å². The zero-order chi connectivity index (χ0) is 37.8. The summed E-state index contributed by atoms with van der Waals surface area (Å²) in [5.74, 6) is 0. The van der Waals surface area contributed by atoms with Crippen molar-refractivity contribution in [1.29, 1.82) is 0 Å². The van der Waals surface area contributed by atoms with E-state index in [4.69, 9.17) is 0 Å². The zero-order valence-corrected chi connectivity index (χ0v) is 33.0. The van der Waals surface area contributed by atoms with E-state index >= 15 is 0 Å². The molecular weight excluding hydrogens is 874 g/mol. The van der Waals surface area contributed by atoms with Gasteiger partial charge >= 0.3 is 33.0 Å². The van der Waals surface area contributed by atoms with E-state index in [-0.39, 0.29) is 30.9 Å². The standard InChI is InChI=1S/C18H24N2.2C11H9N.F6P.Ir/c1-17(2,3)13-7-9-19-15(11-13)16-12-14(8-10-20-16)18(4,5)6;2*1-2-6-10(7-3-1)11-8-4-5-9-12-11;1-7(2,3,4,5)6;/h7-12H,1-6H3;2*1-9H;;/q;;;-1;. The van der Waals surface area contributed by atoms with Crippen molar-refractivity contribution in [3.8, 4) is 33.9 Å². The second-order valence-corrected chi connectivity index (χ2v) is 15.4. The molecule has 0 aliphatic rings. The Morgan fingerprint density at radius 1 is 0.385 bits per heavy atom. The predicted molar refractivity (Wildman–Crippen MR) is 198 cm³/mol. The van der Waals surface area contributed by atoms with Gasteiger partial charge in [-0.05, 0) is 70.5 Å². The molecule has 0 saturated carbocycles. The van der Waals surface area contributed by atoms with Crippen LogP contribution in [0, 0.1) is 0 Å². The second kappa shape index (κ2) is 17.5. The van der Waals surface area contributed by atoms with E-state index in [1.165, 1.54) is 11.1 Å². The van der Waals surface area contributed by atoms with Gasteiger partial charge in [-0.3, -0.25) is 19.9 Å². The van der Waals surface area contributed by atoms with Gasteiger partial charge in [-0.1, -0.05) is 114 Å². The fourth-order valence-corrected chi connectivity index (χ4v) is 4.36. The summed E-state index contributed by atoms with van der Waals surface area (Å²) in [7, 11) is -10.7. The summed E-state index contributed by atoms with van der Waals surface area (Å²) in [4.78, 5) is 17.5. The third-order valence-electron chi connectivity index (χ3n) is 6.98. The maximum Gasteiger partial charge on any atom is 0.0701 e. The monoisotopic (exact) mass is 916 g/mol. The number of aromatic nitrogens is 4. The van der Waals surface area contributed by atoms with Crippen molar-refractivity contribution in [2.24, 2.45) is 0 Å². The van der Waals surface area contributed by atoms with Crippen LogP contribution in [0.1, 0.15) is 52.7 Å². The minimum Gasteiger partial charge on any atom is -0.256 e. The fourth-order valence-electron chi connectivity index (χ4n) is 4.36. The number of benzene rings is 2. The number of hydrogen-bond acceptors (Lipinski definition) is 4. The molecule has 2 aromatic carbocycles. The third-order valence-corrected chi connectivity index (χ3v) is 6.98. The molecule has 4 heterocycles. The molecule has 6 aromatic rings. The maximum absolute atomic E-state index is 10.7. The molecule has 4 nitrogen and oxygen atoms in total. The van der Waals surface area contributed by atoms with E-state index in [2.05, 4.69) is 110 Å². The first-order valence-corrected chi connectivity index (χ1v) is 18.0. The third kappa shape index (κ3) is 17.8. The van der Waals surface area contributed by atoms with Crippen LogP contribution >= 0.6 is 7.81 Å². The molecule has 1 radical (unpaired) electrons. The van der Waals surface area contributed by atoms with Crippen molar-refractivity contribution in [2.75, 3.05) is 0 Å². The quantitative estimate of drug-likeness (QED) is 0.131. The second-order valence-electron chi connectivity index (χ2n) is 13.5. The van der Waals surface area contributed by atoms with Crippen molar-refractivity contribution in [3.63, 3.8) is 0 Å². The Morgan fingerprint density at radius 3 is 0.942 bits per heavy atom. The van der Waals surface area contributed by atoms with Gasteiger partial charge in [0.05, 0.1) is 22.8 Å². The van der Waals surface area contributed by atoms with E-state index in [9.17, 15) is 25.2 Å². The molecule has 0 fully saturated rings. The minimum atomic E-state index is -10.7. The molecule has 52 heavy (non-hydrogen) atoms. The van der Waals surface area contributed by atoms with Crippen LogP contribution in [0.3, 0.4) is 0 Å². The molecule has 12 heteroatoms. The van der Waals surface area contributed by atoms with Crippen LogP contribution < -0.4 is 0 Å². The largest absolute Gasteiger partial charge is 0.256 e. The molecule has 0 aliphatic carbocycles. The average molecular weight is 916 g/mol. The first kappa shape index (κ1) is 43.9. The molecular formula is C40H42F6IrN4P-. The van der Waals surface area contributed by atoms with Crippen molar-refractivity contribution >= 4 is 7.81 Å². The Hall–Kier alpha value is -4.30. The normalized spacial score (nSPS) is 12.4. The van der Waals surface area contributed by atoms with Crippen LogP contribution in [-0.2, 0) is 30.9 Å². The van der Waals surface area contributed by atoms with E-state index in [0.717, 1.165) is 33.9 Å². The van der Waals surface area contributed by atoms with Crippen LogP contribution in [0.15, 0.2) is 146 Å². The Morgan fingerprint density at radius 2 is 0.673 bits per heavy atom. The predicted octanol–water partition coefficient (Wildman–Crippen LogP) is 13.6. The van der Waals surface area contributed by atoms with Gasteiger partial charge in [0.25, 0.3) is 0 Å². The van der Waals surface area contributed by atoms with E-state index in [0.29, 0.717) is 0 Å². The molecule has 6 rings (SSSR count). The van der Waals surface area contributed by atoms with Crippen LogP contribution in [0.5, 0.6) is 0 Å². The van der Waals surface area contributed by atoms with Crippen molar-refractivity contribution < 1.29 is 45.3 Å². The van der Waals surface area contributed by atoms with Crippen LogP contribution in [0.25, 0.3) is 33.9 Å². The van der Waals surface area contributed by atoms with Gasteiger partial charge in [0.2, 0.25) is 0 Å². The number of hydrogen-bond donors (Lipinski definition) is 0. The van der Waals surface area contributed by atoms with E-state index in [1.807, 2.05) is 97.6 Å². The van der Waals surface area contributed by atoms with Gasteiger partial charge in [-0.15, -0.1) is 0 Å². The summed E-state index contributed by atoms with van der Waals surface area (Å²) >= 11 is 0. The maximum atomic E-state index is 9.87. The molecule has 0 N–H and O–H groups in total. The number of rotatable bonds is 3. The van der Waals surface area contributed by atoms with Gasteiger partial charge in [0.1, 0.15) is 0 Å². The Kier molecular flexibility index (Phi) is 14.7. The van der Waals surface area contributed by atoms with Crippen molar-refractivity contribution in [2.45, 2.75) is 52.4 Å². The Balaban J connectivity index is 0.000000254. The first-order chi connectivity index (χ1) is 23.6. The molecule has 279 valence electrons. The minimum absolute atomic E-state index is 0. The molecule has 0 spiro atoms. The number of nitrogens with zero attached hydrogens (tertiary/aromatic N) is 4. The summed E-state index contributed by atoms with van der Waals surface area (Å²) in [6.45, 7) is 13.3. The molecule has 0 unspecified atom stereocenters. The molecule has 4 aromatic heterocycles. The SMILES string of the molecule is CC(C)(C)c1ccnc(-c2cc(C(C)(C)C)ccn2)c1.F[P-](F)(F)(F)(F)F.[Ir].c1ccc(-c2ccccn2)cc1.c1ccc(-c2ccccn2)cc1. The first-order valence-electron chi connectivity index (χ1n) is 16.0. The Bertz CT molecular complexity index is 1720. The summed E-state index contributed by atoms with van der Waals surface area (Å²) in [5.41, 5.74) is 9.09. The summed E-state index contributed by atoms with van der Waals surface area (Å²) < 4.78 is 59.2. The van der Waals surface area contributed by atoms with Gasteiger partial charge in [0, 0.05) is 56.0 Å². The molecule has 0 aliphatic heterocycles. The summed E-state index contributed by atoms with van der Waals surface area (Å²) in [6.07, 6.45) is 7.37. The van der Waals surface area contributed by atoms with Crippen LogP contribution in [-0.4, -0.2) is 19.9 Å². The topological polar surface area (TPSA) is 51.6 Å². The van der Waals surface area contributed by atoms with Crippen molar-refractivity contribution in [3.05, 3.63) is 157 Å². The average Bonchev–Trinajstić information content (AvgIpc) is 3.08. The van der Waals surface area contributed by atoms with Crippen LogP contribution in [0.4, 0.5) is 25.2 Å². The fraction of sp³-hybridized carbons (Fsp3) is 0.200. The van der Waals surface area contributed by atoms with E-state index < -0.39 is 7.81 Å². The smallest absolute Gasteiger partial charge is 0.0701 e. The van der Waals surface area contributed by atoms with Gasteiger partial charge in [0.15, 0.2) is 0 Å². The zero-order valence-electron chi connectivity index (χ0n) is 29.7.